The van der Waals surface area contributed by atoms with Crippen LogP contribution in [0.3, 0.4) is 0 Å². The van der Waals surface area contributed by atoms with Gasteiger partial charge in [0, 0.05) is 11.5 Å². The normalized spacial score (nSPS) is 18.3. The second-order valence-corrected chi connectivity index (χ2v) is 9.67. The van der Waals surface area contributed by atoms with E-state index in [1.165, 1.54) is 0 Å². The van der Waals surface area contributed by atoms with Crippen LogP contribution >= 0.6 is 23.5 Å². The predicted molar refractivity (Wildman–Crippen MR) is 101 cm³/mol. The smallest absolute Gasteiger partial charge is 0.462 e. The van der Waals surface area contributed by atoms with Crippen molar-refractivity contribution in [1.82, 2.24) is 0 Å². The summed E-state index contributed by atoms with van der Waals surface area (Å²) in [5.41, 5.74) is 0. The molecule has 5 nitrogen and oxygen atoms in total. The van der Waals surface area contributed by atoms with Crippen LogP contribution in [0.5, 0.6) is 0 Å². The van der Waals surface area contributed by atoms with E-state index in [0.717, 1.165) is 0 Å². The molecule has 1 aliphatic rings. The van der Waals surface area contributed by atoms with E-state index in [0.29, 0.717) is 0 Å². The van der Waals surface area contributed by atoms with Crippen LogP contribution in [0.25, 0.3) is 0 Å². The number of rotatable bonds is 15. The van der Waals surface area contributed by atoms with Gasteiger partial charge >= 0.3 is 46.9 Å². The standard InChI is InChI=1S/C14H10F20O4S2.C2H2O/c15-5(37-13(31,32)9(21,22)11(25,26)27)7(17,18)39-1-3(35)4(36)2-40-8(19,20)6(16)38-14(33,34)10(23,24)12(28,29)30;1-2-3-1/h3-6,35-36H,1-2H2;1-2H. The summed E-state index contributed by atoms with van der Waals surface area (Å²) in [5, 5.41) is 7.61. The van der Waals surface area contributed by atoms with Crippen molar-refractivity contribution in [3.63, 3.8) is 0 Å². The molecular weight excluding hydrogens is 716 g/mol. The molecule has 0 radical (unpaired) electrons. The van der Waals surface area contributed by atoms with Gasteiger partial charge in [-0.1, -0.05) is 23.5 Å². The summed E-state index contributed by atoms with van der Waals surface area (Å²) >= 11 is -2.91. The quantitative estimate of drug-likeness (QED) is 0.175. The number of hydrogen-bond donors (Lipinski definition) is 2. The van der Waals surface area contributed by atoms with Gasteiger partial charge in [0.2, 0.25) is 0 Å². The van der Waals surface area contributed by atoms with Crippen molar-refractivity contribution in [2.75, 3.05) is 11.5 Å². The second-order valence-electron chi connectivity index (χ2n) is 7.33. The largest absolute Gasteiger partial charge is 0.466 e. The van der Waals surface area contributed by atoms with Gasteiger partial charge in [-0.25, -0.2) is 8.78 Å². The van der Waals surface area contributed by atoms with Crippen molar-refractivity contribution >= 4 is 23.5 Å². The molecule has 0 amide bonds. The van der Waals surface area contributed by atoms with Gasteiger partial charge in [0.15, 0.2) is 0 Å². The van der Waals surface area contributed by atoms with Crippen LogP contribution in [0, 0.1) is 0 Å². The maximum Gasteiger partial charge on any atom is 0.462 e. The van der Waals surface area contributed by atoms with Gasteiger partial charge in [0.1, 0.15) is 12.5 Å². The molecule has 4 unspecified atom stereocenters. The molecule has 1 rings (SSSR count). The lowest BCUT2D eigenvalue weighted by atomic mass is 10.3. The van der Waals surface area contributed by atoms with Gasteiger partial charge in [-0.15, -0.1) is 0 Å². The molecular formula is C16H12F20O5S2. The minimum absolute atomic E-state index is 1.45. The van der Waals surface area contributed by atoms with E-state index >= 15 is 0 Å². The van der Waals surface area contributed by atoms with Crippen LogP contribution in [-0.4, -0.2) is 93.6 Å². The van der Waals surface area contributed by atoms with Gasteiger partial charge in [-0.05, 0) is 0 Å². The molecule has 0 aromatic carbocycles. The summed E-state index contributed by atoms with van der Waals surface area (Å²) < 4.78 is 262. The zero-order valence-corrected chi connectivity index (χ0v) is 21.0. The molecule has 0 aliphatic carbocycles. The maximum absolute atomic E-state index is 13.5. The number of alkyl halides is 20. The predicted octanol–water partition coefficient (Wildman–Crippen LogP) is 7.05. The Kier molecular flexibility index (Phi) is 13.6. The summed E-state index contributed by atoms with van der Waals surface area (Å²) in [7, 11) is 0. The van der Waals surface area contributed by atoms with Crippen LogP contribution < -0.4 is 0 Å². The molecule has 0 aromatic rings. The highest BCUT2D eigenvalue weighted by atomic mass is 32.2. The Morgan fingerprint density at radius 3 is 0.953 bits per heavy atom. The van der Waals surface area contributed by atoms with Crippen molar-refractivity contribution in [1.29, 1.82) is 0 Å². The minimum Gasteiger partial charge on any atom is -0.466 e. The van der Waals surface area contributed by atoms with E-state index in [-0.39, 0.29) is 0 Å². The zero-order valence-electron chi connectivity index (χ0n) is 19.4. The van der Waals surface area contributed by atoms with Crippen LogP contribution in [0.15, 0.2) is 12.5 Å². The molecule has 0 bridgehead atoms. The fraction of sp³-hybridized carbons (Fsp3) is 0.875. The van der Waals surface area contributed by atoms with Crippen molar-refractivity contribution in [2.24, 2.45) is 0 Å². The van der Waals surface area contributed by atoms with E-state index in [2.05, 4.69) is 14.2 Å². The van der Waals surface area contributed by atoms with Crippen molar-refractivity contribution in [2.45, 2.75) is 71.8 Å². The molecule has 1 aliphatic heterocycles. The van der Waals surface area contributed by atoms with E-state index < -0.39 is 107 Å². The lowest BCUT2D eigenvalue weighted by molar-refractivity contribution is -0.446. The second kappa shape index (κ2) is 14.0. The minimum atomic E-state index is -7.20. The Bertz CT molecular complexity index is 841. The third-order valence-electron chi connectivity index (χ3n) is 3.95. The summed E-state index contributed by atoms with van der Waals surface area (Å²) in [5.74, 6) is -18.2. The number of ether oxygens (including phenoxy) is 3. The summed E-state index contributed by atoms with van der Waals surface area (Å²) in [6.45, 7) is 0. The van der Waals surface area contributed by atoms with Crippen LogP contribution in [0.4, 0.5) is 87.8 Å². The topological polar surface area (TPSA) is 71.5 Å². The average molecular weight is 728 g/mol. The van der Waals surface area contributed by atoms with Crippen molar-refractivity contribution in [3.05, 3.63) is 12.5 Å². The molecule has 4 atom stereocenters. The van der Waals surface area contributed by atoms with E-state index in [9.17, 15) is 98.0 Å². The molecule has 0 saturated carbocycles. The first kappa shape index (κ1) is 41.7. The van der Waals surface area contributed by atoms with Gasteiger partial charge in [-0.3, -0.25) is 9.47 Å². The first-order chi connectivity index (χ1) is 18.8. The molecule has 0 fully saturated rings. The fourth-order valence-electron chi connectivity index (χ4n) is 1.62. The number of thioether (sulfide) groups is 2. The van der Waals surface area contributed by atoms with Gasteiger partial charge in [-0.2, -0.15) is 79.0 Å². The summed E-state index contributed by atoms with van der Waals surface area (Å²) in [6, 6.07) is 0. The highest BCUT2D eigenvalue weighted by Crippen LogP contribution is 2.51. The summed E-state index contributed by atoms with van der Waals surface area (Å²) in [6.07, 6.45) is -40.5. The number of hydrogen-bond acceptors (Lipinski definition) is 7. The SMILES string of the molecule is C1=CO1.OC(CSC(F)(F)C(F)OC(F)(F)C(F)(F)C(F)(F)F)C(O)CSC(F)(F)C(F)OC(F)(F)C(F)(F)C(F)(F)F. The monoisotopic (exact) mass is 728 g/mol. The van der Waals surface area contributed by atoms with Crippen molar-refractivity contribution in [3.8, 4) is 0 Å². The molecule has 2 N–H and O–H groups in total. The molecule has 0 spiro atoms. The Hall–Kier alpha value is -1.32. The van der Waals surface area contributed by atoms with Crippen LogP contribution in [-0.2, 0) is 14.2 Å². The maximum atomic E-state index is 13.5. The third-order valence-corrected chi connectivity index (χ3v) is 6.10. The Balaban J connectivity index is 0.00000549. The van der Waals surface area contributed by atoms with Crippen LogP contribution in [0.2, 0.25) is 0 Å². The van der Waals surface area contributed by atoms with Gasteiger partial charge in [0.25, 0.3) is 12.7 Å². The number of aliphatic hydroxyl groups is 2. The van der Waals surface area contributed by atoms with E-state index in [1.54, 1.807) is 12.5 Å². The first-order valence-corrected chi connectivity index (χ1v) is 11.7. The first-order valence-electron chi connectivity index (χ1n) is 9.75. The van der Waals surface area contributed by atoms with E-state index in [1.807, 2.05) is 0 Å². The number of halogens is 20. The van der Waals surface area contributed by atoms with Gasteiger partial charge < -0.3 is 14.9 Å². The zero-order chi connectivity index (χ0) is 34.7. The summed E-state index contributed by atoms with van der Waals surface area (Å²) in [4.78, 5) is 0. The third kappa shape index (κ3) is 11.2. The van der Waals surface area contributed by atoms with Gasteiger partial charge in [0.05, 0.1) is 12.2 Å². The molecule has 0 aromatic heterocycles. The van der Waals surface area contributed by atoms with E-state index in [4.69, 9.17) is 0 Å². The fourth-order valence-corrected chi connectivity index (χ4v) is 3.21. The Morgan fingerprint density at radius 1 is 0.535 bits per heavy atom. The average Bonchev–Trinajstić information content (AvgIpc) is 3.68. The van der Waals surface area contributed by atoms with Crippen LogP contribution in [0.1, 0.15) is 0 Å². The highest BCUT2D eigenvalue weighted by molar-refractivity contribution is 8.00. The number of aliphatic hydroxyl groups excluding tert-OH is 2. The molecule has 43 heavy (non-hydrogen) atoms. The molecule has 0 saturated heterocycles. The highest BCUT2D eigenvalue weighted by Gasteiger charge is 2.77. The Morgan fingerprint density at radius 2 is 0.767 bits per heavy atom. The molecule has 258 valence electrons. The lowest BCUT2D eigenvalue weighted by Crippen LogP contribution is -2.55. The van der Waals surface area contributed by atoms with Crippen molar-refractivity contribution < 1.29 is 112 Å². The lowest BCUT2D eigenvalue weighted by Gasteiger charge is -2.31. The Labute approximate surface area is 232 Å². The molecule has 1 heterocycles. The molecule has 27 heteroatoms.